The lowest BCUT2D eigenvalue weighted by molar-refractivity contribution is 0.332. The molecule has 6 heteroatoms. The van der Waals surface area contributed by atoms with Gasteiger partial charge in [0, 0.05) is 13.0 Å². The third-order valence-corrected chi connectivity index (χ3v) is 3.55. The first-order chi connectivity index (χ1) is 10.0. The van der Waals surface area contributed by atoms with Gasteiger partial charge in [-0.1, -0.05) is 42.7 Å². The minimum atomic E-state index is -0.442. The predicted octanol–water partition coefficient (Wildman–Crippen LogP) is 3.54. The summed E-state index contributed by atoms with van der Waals surface area (Å²) in [5.41, 5.74) is 6.20. The minimum absolute atomic E-state index is 0.0375. The van der Waals surface area contributed by atoms with Gasteiger partial charge in [0.1, 0.15) is 5.82 Å². The summed E-state index contributed by atoms with van der Waals surface area (Å²) in [6.07, 6.45) is 1.12. The minimum Gasteiger partial charge on any atom is -0.339 e. The highest BCUT2D eigenvalue weighted by Crippen LogP contribution is 2.23. The Balaban J connectivity index is 2.14. The van der Waals surface area contributed by atoms with Crippen molar-refractivity contribution in [3.8, 4) is 0 Å². The van der Waals surface area contributed by atoms with E-state index in [4.69, 9.17) is 21.9 Å². The summed E-state index contributed by atoms with van der Waals surface area (Å²) in [5.74, 6) is 1.04. The Bertz CT molecular complexity index is 600. The van der Waals surface area contributed by atoms with E-state index >= 15 is 0 Å². The van der Waals surface area contributed by atoms with E-state index in [0.717, 1.165) is 6.42 Å². The summed E-state index contributed by atoms with van der Waals surface area (Å²) < 4.78 is 19.1. The van der Waals surface area contributed by atoms with E-state index in [1.165, 1.54) is 6.07 Å². The zero-order chi connectivity index (χ0) is 15.4. The zero-order valence-electron chi connectivity index (χ0n) is 12.1. The molecule has 0 aliphatic heterocycles. The number of aromatic nitrogens is 2. The summed E-state index contributed by atoms with van der Waals surface area (Å²) in [4.78, 5) is 4.33. The Morgan fingerprint density at radius 1 is 1.38 bits per heavy atom. The molecular weight excluding hydrogens is 293 g/mol. The van der Waals surface area contributed by atoms with E-state index in [2.05, 4.69) is 24.0 Å². The van der Waals surface area contributed by atoms with Crippen LogP contribution in [0, 0.1) is 11.7 Å². The highest BCUT2D eigenvalue weighted by atomic mass is 35.5. The van der Waals surface area contributed by atoms with Crippen LogP contribution in [0.25, 0.3) is 0 Å². The number of hydrogen-bond donors (Lipinski definition) is 1. The number of nitrogens with zero attached hydrogens (tertiary/aromatic N) is 2. The number of halogens is 2. The predicted molar refractivity (Wildman–Crippen MR) is 79.8 cm³/mol. The number of rotatable bonds is 6. The second kappa shape index (κ2) is 7.00. The van der Waals surface area contributed by atoms with Crippen molar-refractivity contribution in [1.82, 2.24) is 10.1 Å². The van der Waals surface area contributed by atoms with Crippen LogP contribution in [0.15, 0.2) is 22.7 Å². The molecule has 2 rings (SSSR count). The van der Waals surface area contributed by atoms with E-state index < -0.39 is 5.82 Å². The van der Waals surface area contributed by atoms with Crippen molar-refractivity contribution < 1.29 is 8.91 Å². The topological polar surface area (TPSA) is 64.9 Å². The van der Waals surface area contributed by atoms with Gasteiger partial charge < -0.3 is 10.3 Å². The summed E-state index contributed by atoms with van der Waals surface area (Å²) in [6, 6.07) is 4.87. The first kappa shape index (κ1) is 15.9. The molecule has 1 aromatic heterocycles. The van der Waals surface area contributed by atoms with Crippen molar-refractivity contribution in [2.75, 3.05) is 6.54 Å². The quantitative estimate of drug-likeness (QED) is 0.886. The molecule has 0 fully saturated rings. The van der Waals surface area contributed by atoms with Crippen molar-refractivity contribution in [2.45, 2.75) is 32.6 Å². The second-order valence-corrected chi connectivity index (χ2v) is 5.91. The average Bonchev–Trinajstić information content (AvgIpc) is 2.89. The second-order valence-electron chi connectivity index (χ2n) is 5.50. The van der Waals surface area contributed by atoms with Crippen LogP contribution < -0.4 is 5.73 Å². The molecule has 0 spiro atoms. The lowest BCUT2D eigenvalue weighted by Gasteiger charge is -2.11. The molecule has 4 nitrogen and oxygen atoms in total. The van der Waals surface area contributed by atoms with Gasteiger partial charge in [0.15, 0.2) is 5.82 Å². The molecular formula is C15H19ClFN3O. The normalized spacial score (nSPS) is 12.9. The first-order valence-electron chi connectivity index (χ1n) is 6.96. The highest BCUT2D eigenvalue weighted by molar-refractivity contribution is 6.30. The molecule has 2 aromatic rings. The van der Waals surface area contributed by atoms with Crippen LogP contribution in [0.5, 0.6) is 0 Å². The molecule has 21 heavy (non-hydrogen) atoms. The Morgan fingerprint density at radius 2 is 2.14 bits per heavy atom. The molecule has 1 aromatic carbocycles. The van der Waals surface area contributed by atoms with E-state index in [9.17, 15) is 4.39 Å². The molecule has 0 saturated heterocycles. The Labute approximate surface area is 128 Å². The maximum Gasteiger partial charge on any atom is 0.231 e. The smallest absolute Gasteiger partial charge is 0.231 e. The van der Waals surface area contributed by atoms with Gasteiger partial charge in [-0.2, -0.15) is 4.98 Å². The lowest BCUT2D eigenvalue weighted by atomic mass is 9.97. The monoisotopic (exact) mass is 311 g/mol. The van der Waals surface area contributed by atoms with Gasteiger partial charge in [-0.25, -0.2) is 4.39 Å². The number of benzene rings is 1. The third kappa shape index (κ3) is 4.02. The molecule has 1 atom stereocenters. The van der Waals surface area contributed by atoms with Crippen molar-refractivity contribution in [1.29, 1.82) is 0 Å². The Morgan fingerprint density at radius 3 is 2.81 bits per heavy atom. The van der Waals surface area contributed by atoms with Crippen LogP contribution in [-0.2, 0) is 6.42 Å². The fourth-order valence-corrected chi connectivity index (χ4v) is 2.42. The van der Waals surface area contributed by atoms with Crippen LogP contribution in [-0.4, -0.2) is 16.7 Å². The van der Waals surface area contributed by atoms with Crippen LogP contribution in [0.2, 0.25) is 5.02 Å². The van der Waals surface area contributed by atoms with E-state index in [1.54, 1.807) is 12.1 Å². The van der Waals surface area contributed by atoms with Gasteiger partial charge in [0.2, 0.25) is 5.89 Å². The molecule has 0 amide bonds. The summed E-state index contributed by atoms with van der Waals surface area (Å²) in [5, 5.41) is 4.00. The van der Waals surface area contributed by atoms with E-state index in [0.29, 0.717) is 29.7 Å². The van der Waals surface area contributed by atoms with Crippen molar-refractivity contribution in [3.05, 3.63) is 46.3 Å². The summed E-state index contributed by atoms with van der Waals surface area (Å²) in [7, 11) is 0. The Kier molecular flexibility index (Phi) is 5.31. The summed E-state index contributed by atoms with van der Waals surface area (Å²) in [6.45, 7) is 4.67. The molecule has 0 radical (unpaired) electrons. The van der Waals surface area contributed by atoms with E-state index in [1.807, 2.05) is 0 Å². The fraction of sp³-hybridized carbons (Fsp3) is 0.467. The maximum atomic E-state index is 13.9. The average molecular weight is 312 g/mol. The highest BCUT2D eigenvalue weighted by Gasteiger charge is 2.19. The fourth-order valence-electron chi connectivity index (χ4n) is 2.23. The van der Waals surface area contributed by atoms with Crippen LogP contribution >= 0.6 is 11.6 Å². The summed E-state index contributed by atoms with van der Waals surface area (Å²) >= 11 is 5.76. The molecule has 0 aliphatic rings. The first-order valence-corrected chi connectivity index (χ1v) is 7.34. The molecule has 0 saturated carbocycles. The number of hydrogen-bond acceptors (Lipinski definition) is 4. The SMILES string of the molecule is CC(C)CC(CN)c1nc(Cc2cccc(Cl)c2F)no1. The Hall–Kier alpha value is -1.46. The number of nitrogens with two attached hydrogens (primary N) is 1. The molecule has 1 unspecified atom stereocenters. The van der Waals surface area contributed by atoms with Crippen molar-refractivity contribution in [2.24, 2.45) is 11.7 Å². The van der Waals surface area contributed by atoms with Gasteiger partial charge in [0.05, 0.1) is 10.9 Å². The molecule has 1 heterocycles. The van der Waals surface area contributed by atoms with Gasteiger partial charge in [-0.15, -0.1) is 0 Å². The van der Waals surface area contributed by atoms with Gasteiger partial charge in [0.25, 0.3) is 0 Å². The van der Waals surface area contributed by atoms with Crippen LogP contribution in [0.3, 0.4) is 0 Å². The third-order valence-electron chi connectivity index (χ3n) is 3.25. The molecule has 0 bridgehead atoms. The maximum absolute atomic E-state index is 13.9. The molecule has 0 aliphatic carbocycles. The zero-order valence-corrected chi connectivity index (χ0v) is 12.9. The van der Waals surface area contributed by atoms with Gasteiger partial charge >= 0.3 is 0 Å². The molecule has 2 N–H and O–H groups in total. The molecule has 114 valence electrons. The van der Waals surface area contributed by atoms with Gasteiger partial charge in [-0.05, 0) is 24.0 Å². The van der Waals surface area contributed by atoms with Crippen LogP contribution in [0.1, 0.15) is 43.5 Å². The largest absolute Gasteiger partial charge is 0.339 e. The van der Waals surface area contributed by atoms with Crippen LogP contribution in [0.4, 0.5) is 4.39 Å². The van der Waals surface area contributed by atoms with Crippen molar-refractivity contribution >= 4 is 11.6 Å². The van der Waals surface area contributed by atoms with Crippen molar-refractivity contribution in [3.63, 3.8) is 0 Å². The standard InChI is InChI=1S/C15H19ClFN3O/c1-9(2)6-11(8-18)15-19-13(20-21-15)7-10-4-3-5-12(16)14(10)17/h3-5,9,11H,6-8,18H2,1-2H3. The van der Waals surface area contributed by atoms with Gasteiger partial charge in [-0.3, -0.25) is 0 Å². The van der Waals surface area contributed by atoms with E-state index in [-0.39, 0.29) is 17.4 Å². The lowest BCUT2D eigenvalue weighted by Crippen LogP contribution is -2.15.